The maximum atomic E-state index is 12.0. The van der Waals surface area contributed by atoms with Gasteiger partial charge in [-0.1, -0.05) is 12.1 Å². The van der Waals surface area contributed by atoms with Crippen LogP contribution < -0.4 is 5.32 Å². The van der Waals surface area contributed by atoms with Crippen molar-refractivity contribution < 1.29 is 9.59 Å². The van der Waals surface area contributed by atoms with Crippen molar-refractivity contribution in [2.75, 3.05) is 5.32 Å². The first-order chi connectivity index (χ1) is 8.75. The molecule has 1 amide bonds. The largest absolute Gasteiger partial charge is 0.321 e. The summed E-state index contributed by atoms with van der Waals surface area (Å²) in [6, 6.07) is 7.60. The number of rotatable bonds is 0. The highest BCUT2D eigenvalue weighted by Crippen LogP contribution is 2.39. The highest BCUT2D eigenvalue weighted by molar-refractivity contribution is 6.25. The highest BCUT2D eigenvalue weighted by Gasteiger charge is 2.27. The molecule has 3 heteroatoms. The Morgan fingerprint density at radius 1 is 1.06 bits per heavy atom. The van der Waals surface area contributed by atoms with Gasteiger partial charge in [0, 0.05) is 22.9 Å². The van der Waals surface area contributed by atoms with Crippen molar-refractivity contribution in [3.8, 4) is 0 Å². The van der Waals surface area contributed by atoms with E-state index in [0.717, 1.165) is 46.0 Å². The van der Waals surface area contributed by atoms with Gasteiger partial charge >= 0.3 is 0 Å². The lowest BCUT2D eigenvalue weighted by molar-refractivity contribution is 0.0971. The van der Waals surface area contributed by atoms with E-state index < -0.39 is 0 Å². The van der Waals surface area contributed by atoms with E-state index in [1.807, 2.05) is 24.3 Å². The van der Waals surface area contributed by atoms with Crippen molar-refractivity contribution in [2.45, 2.75) is 19.3 Å². The first-order valence-corrected chi connectivity index (χ1v) is 6.19. The van der Waals surface area contributed by atoms with Crippen LogP contribution in [0.4, 0.5) is 5.69 Å². The number of ketones is 1. The van der Waals surface area contributed by atoms with Gasteiger partial charge in [-0.2, -0.15) is 0 Å². The van der Waals surface area contributed by atoms with Gasteiger partial charge in [0.05, 0.1) is 5.69 Å². The van der Waals surface area contributed by atoms with Crippen LogP contribution in [-0.4, -0.2) is 11.7 Å². The van der Waals surface area contributed by atoms with E-state index in [9.17, 15) is 9.59 Å². The molecule has 1 aliphatic carbocycles. The lowest BCUT2D eigenvalue weighted by atomic mass is 9.86. The third-order valence-electron chi connectivity index (χ3n) is 3.90. The van der Waals surface area contributed by atoms with Gasteiger partial charge in [0.15, 0.2) is 5.78 Å². The average Bonchev–Trinajstić information content (AvgIpc) is 2.70. The minimum Gasteiger partial charge on any atom is -0.321 e. The van der Waals surface area contributed by atoms with Crippen LogP contribution in [0.2, 0.25) is 0 Å². The second-order valence-corrected chi connectivity index (χ2v) is 4.91. The lowest BCUT2D eigenvalue weighted by Crippen LogP contribution is -2.11. The zero-order valence-corrected chi connectivity index (χ0v) is 9.75. The Morgan fingerprint density at radius 2 is 1.94 bits per heavy atom. The maximum absolute atomic E-state index is 12.0. The topological polar surface area (TPSA) is 46.2 Å². The molecule has 2 aromatic carbocycles. The quantitative estimate of drug-likeness (QED) is 0.765. The summed E-state index contributed by atoms with van der Waals surface area (Å²) in [6.07, 6.45) is 2.45. The second kappa shape index (κ2) is 3.19. The van der Waals surface area contributed by atoms with E-state index in [4.69, 9.17) is 0 Å². The molecule has 4 rings (SSSR count). The number of nitrogens with one attached hydrogen (secondary N) is 1. The van der Waals surface area contributed by atoms with Crippen molar-refractivity contribution in [1.29, 1.82) is 0 Å². The molecule has 0 spiro atoms. The van der Waals surface area contributed by atoms with Crippen LogP contribution in [0.15, 0.2) is 24.3 Å². The van der Waals surface area contributed by atoms with Gasteiger partial charge < -0.3 is 5.32 Å². The van der Waals surface area contributed by atoms with Gasteiger partial charge in [0.2, 0.25) is 0 Å². The summed E-state index contributed by atoms with van der Waals surface area (Å²) in [6.45, 7) is 0. The normalized spacial score (nSPS) is 16.9. The number of aryl methyl sites for hydroxylation is 1. The third-order valence-corrected chi connectivity index (χ3v) is 3.90. The summed E-state index contributed by atoms with van der Waals surface area (Å²) >= 11 is 0. The molecule has 3 nitrogen and oxygen atoms in total. The van der Waals surface area contributed by atoms with Gasteiger partial charge in [0.25, 0.3) is 5.91 Å². The Bertz CT molecular complexity index is 731. The van der Waals surface area contributed by atoms with Crippen LogP contribution in [0.25, 0.3) is 10.8 Å². The van der Waals surface area contributed by atoms with E-state index in [-0.39, 0.29) is 11.7 Å². The molecule has 1 N–H and O–H groups in total. The van der Waals surface area contributed by atoms with Crippen LogP contribution in [-0.2, 0) is 6.42 Å². The molecule has 0 bridgehead atoms. The van der Waals surface area contributed by atoms with Crippen molar-refractivity contribution >= 4 is 28.2 Å². The Morgan fingerprint density at radius 3 is 2.83 bits per heavy atom. The predicted octanol–water partition coefficient (Wildman–Crippen LogP) is 2.92. The second-order valence-electron chi connectivity index (χ2n) is 4.91. The molecule has 0 fully saturated rings. The maximum Gasteiger partial charge on any atom is 0.256 e. The number of anilines is 1. The molecule has 88 valence electrons. The van der Waals surface area contributed by atoms with E-state index >= 15 is 0 Å². The Hall–Kier alpha value is -2.16. The number of amides is 1. The highest BCUT2D eigenvalue weighted by atomic mass is 16.2. The van der Waals surface area contributed by atoms with Crippen LogP contribution in [0.5, 0.6) is 0 Å². The van der Waals surface area contributed by atoms with Gasteiger partial charge in [-0.3, -0.25) is 9.59 Å². The smallest absolute Gasteiger partial charge is 0.256 e. The molecule has 2 aromatic rings. The molecule has 1 aliphatic heterocycles. The zero-order valence-electron chi connectivity index (χ0n) is 9.75. The van der Waals surface area contributed by atoms with E-state index in [1.165, 1.54) is 0 Å². The Kier molecular flexibility index (Phi) is 1.74. The SMILES string of the molecule is O=C1CCCc2c1cc1c3c(cccc23)C(=O)N1. The molecule has 0 atom stereocenters. The van der Waals surface area contributed by atoms with Gasteiger partial charge in [-0.15, -0.1) is 0 Å². The number of hydrogen-bond acceptors (Lipinski definition) is 2. The van der Waals surface area contributed by atoms with Crippen LogP contribution in [0.3, 0.4) is 0 Å². The summed E-state index contributed by atoms with van der Waals surface area (Å²) in [4.78, 5) is 23.8. The lowest BCUT2D eigenvalue weighted by Gasteiger charge is -2.17. The molecule has 0 saturated heterocycles. The number of hydrogen-bond donors (Lipinski definition) is 1. The molecule has 0 unspecified atom stereocenters. The minimum atomic E-state index is -0.0644. The number of carbonyl (C=O) groups excluding carboxylic acids is 2. The molecule has 0 saturated carbocycles. The summed E-state index contributed by atoms with van der Waals surface area (Å²) in [5.74, 6) is 0.131. The summed E-state index contributed by atoms with van der Waals surface area (Å²) in [7, 11) is 0. The van der Waals surface area contributed by atoms with Crippen LogP contribution >= 0.6 is 0 Å². The van der Waals surface area contributed by atoms with Gasteiger partial charge in [0.1, 0.15) is 0 Å². The van der Waals surface area contributed by atoms with E-state index in [1.54, 1.807) is 0 Å². The van der Waals surface area contributed by atoms with Crippen molar-refractivity contribution in [3.63, 3.8) is 0 Å². The first-order valence-electron chi connectivity index (χ1n) is 6.19. The molecule has 0 aromatic heterocycles. The molecule has 18 heavy (non-hydrogen) atoms. The Labute approximate surface area is 104 Å². The number of fused-ring (bicyclic) bond motifs is 2. The Balaban J connectivity index is 2.18. The van der Waals surface area contributed by atoms with Crippen LogP contribution in [0, 0.1) is 0 Å². The molecule has 2 aliphatic rings. The van der Waals surface area contributed by atoms with E-state index in [2.05, 4.69) is 5.32 Å². The molecule has 0 radical (unpaired) electrons. The number of carbonyl (C=O) groups is 2. The molecular formula is C15H11NO2. The third kappa shape index (κ3) is 1.09. The van der Waals surface area contributed by atoms with Gasteiger partial charge in [-0.25, -0.2) is 0 Å². The van der Waals surface area contributed by atoms with Gasteiger partial charge in [-0.05, 0) is 35.9 Å². The summed E-state index contributed by atoms with van der Waals surface area (Å²) in [5, 5.41) is 4.89. The van der Waals surface area contributed by atoms with Crippen molar-refractivity contribution in [2.24, 2.45) is 0 Å². The standard InChI is InChI=1S/C15H11NO2/c17-13-6-2-3-8-9-4-1-5-10-14(9)12(7-11(8)13)16-15(10)18/h1,4-5,7H,2-3,6H2,(H,16,18). The first kappa shape index (κ1) is 9.83. The fourth-order valence-corrected chi connectivity index (χ4v) is 3.10. The summed E-state index contributed by atoms with van der Waals surface area (Å²) < 4.78 is 0. The number of benzene rings is 2. The summed E-state index contributed by atoms with van der Waals surface area (Å²) in [5.41, 5.74) is 3.43. The monoisotopic (exact) mass is 237 g/mol. The zero-order chi connectivity index (χ0) is 12.3. The minimum absolute atomic E-state index is 0.0644. The fourth-order valence-electron chi connectivity index (χ4n) is 3.10. The van der Waals surface area contributed by atoms with E-state index in [0.29, 0.717) is 6.42 Å². The van der Waals surface area contributed by atoms with Crippen LogP contribution in [0.1, 0.15) is 39.1 Å². The fraction of sp³-hybridized carbons (Fsp3) is 0.200. The molecule has 1 heterocycles. The molecular weight excluding hydrogens is 226 g/mol. The number of Topliss-reactive ketones (excluding diaryl/α,β-unsaturated/α-hetero) is 1. The van der Waals surface area contributed by atoms with Crippen molar-refractivity contribution in [1.82, 2.24) is 0 Å². The average molecular weight is 237 g/mol. The van der Waals surface area contributed by atoms with Crippen molar-refractivity contribution in [3.05, 3.63) is 41.0 Å². The predicted molar refractivity (Wildman–Crippen MR) is 69.2 cm³/mol.